The van der Waals surface area contributed by atoms with Crippen molar-refractivity contribution in [1.29, 1.82) is 0 Å². The standard InChI is InChI=1S/C23H36N2O10/c1-5-12(2)16(8-13(3)27)22(34)25-18(6-7-20(30)31)19(29)10-17(14(4)28)23(35)24-15(11-26)9-21(32)33/h11-12,14-18,28H,5-10H2,1-4H3,(H,24,35)(H,25,34)(H,30,31)(H,32,33)/t12-,14+,15?,16?,17?,18-/m0/s1. The van der Waals surface area contributed by atoms with Crippen LogP contribution in [0.15, 0.2) is 0 Å². The third-order valence-corrected chi connectivity index (χ3v) is 5.75. The Morgan fingerprint density at radius 1 is 0.857 bits per heavy atom. The summed E-state index contributed by atoms with van der Waals surface area (Å²) in [4.78, 5) is 83.0. The van der Waals surface area contributed by atoms with Gasteiger partial charge in [-0.15, -0.1) is 0 Å². The molecule has 12 heteroatoms. The summed E-state index contributed by atoms with van der Waals surface area (Å²) >= 11 is 0. The van der Waals surface area contributed by atoms with Crippen molar-refractivity contribution < 1.29 is 48.9 Å². The Hall–Kier alpha value is -3.15. The van der Waals surface area contributed by atoms with Gasteiger partial charge in [-0.25, -0.2) is 0 Å². The molecule has 0 saturated carbocycles. The van der Waals surface area contributed by atoms with Gasteiger partial charge < -0.3 is 35.5 Å². The van der Waals surface area contributed by atoms with Crippen LogP contribution in [0.2, 0.25) is 0 Å². The first kappa shape index (κ1) is 31.8. The molecule has 0 spiro atoms. The highest BCUT2D eigenvalue weighted by molar-refractivity contribution is 5.94. The Morgan fingerprint density at radius 3 is 1.86 bits per heavy atom. The lowest BCUT2D eigenvalue weighted by Gasteiger charge is -2.26. The number of carboxylic acid groups (broad SMARTS) is 2. The number of hydrogen-bond donors (Lipinski definition) is 5. The number of carbonyl (C=O) groups excluding carboxylic acids is 5. The second-order valence-electron chi connectivity index (χ2n) is 8.76. The third kappa shape index (κ3) is 12.2. The van der Waals surface area contributed by atoms with Crippen LogP contribution in [0.1, 0.15) is 66.2 Å². The van der Waals surface area contributed by atoms with Crippen molar-refractivity contribution in [1.82, 2.24) is 10.6 Å². The molecule has 0 aromatic carbocycles. The fourth-order valence-corrected chi connectivity index (χ4v) is 3.46. The maximum absolute atomic E-state index is 13.0. The van der Waals surface area contributed by atoms with Crippen LogP contribution in [0.3, 0.4) is 0 Å². The summed E-state index contributed by atoms with van der Waals surface area (Å²) in [5, 5.41) is 32.5. The number of aliphatic carboxylic acids is 2. The zero-order valence-corrected chi connectivity index (χ0v) is 20.5. The molecule has 3 unspecified atom stereocenters. The maximum Gasteiger partial charge on any atom is 0.305 e. The van der Waals surface area contributed by atoms with Gasteiger partial charge in [0.05, 0.1) is 30.5 Å². The Labute approximate surface area is 203 Å². The minimum Gasteiger partial charge on any atom is -0.481 e. The fraction of sp³-hybridized carbons (Fsp3) is 0.696. The molecule has 0 fully saturated rings. The molecule has 2 amide bonds. The highest BCUT2D eigenvalue weighted by Gasteiger charge is 2.34. The van der Waals surface area contributed by atoms with E-state index in [9.17, 15) is 38.7 Å². The average molecular weight is 501 g/mol. The summed E-state index contributed by atoms with van der Waals surface area (Å²) in [7, 11) is 0. The number of Topliss-reactive ketones (excluding diaryl/α,β-unsaturated/α-hetero) is 2. The van der Waals surface area contributed by atoms with E-state index < -0.39 is 78.8 Å². The smallest absolute Gasteiger partial charge is 0.305 e. The van der Waals surface area contributed by atoms with Crippen LogP contribution in [0.25, 0.3) is 0 Å². The van der Waals surface area contributed by atoms with E-state index in [-0.39, 0.29) is 30.8 Å². The van der Waals surface area contributed by atoms with E-state index in [2.05, 4.69) is 10.6 Å². The summed E-state index contributed by atoms with van der Waals surface area (Å²) in [5.74, 6) is -7.37. The van der Waals surface area contributed by atoms with Gasteiger partial charge in [0, 0.05) is 25.2 Å². The zero-order chi connectivity index (χ0) is 27.3. The Morgan fingerprint density at radius 2 is 1.43 bits per heavy atom. The molecule has 5 N–H and O–H groups in total. The van der Waals surface area contributed by atoms with Crippen LogP contribution in [0, 0.1) is 17.8 Å². The fourth-order valence-electron chi connectivity index (χ4n) is 3.46. The summed E-state index contributed by atoms with van der Waals surface area (Å²) in [6.45, 7) is 6.16. The SMILES string of the molecule is CC[C@H](C)C(CC(C)=O)C(=O)N[C@@H](CCC(=O)O)C(=O)CC(C(=O)NC(C=O)CC(=O)O)[C@@H](C)O. The predicted octanol–water partition coefficient (Wildman–Crippen LogP) is 0.0920. The van der Waals surface area contributed by atoms with Crippen molar-refractivity contribution >= 4 is 41.6 Å². The number of carboxylic acids is 2. The molecule has 0 bridgehead atoms. The molecular weight excluding hydrogens is 464 g/mol. The number of aliphatic hydroxyl groups excluding tert-OH is 1. The molecule has 0 aliphatic heterocycles. The molecule has 12 nitrogen and oxygen atoms in total. The van der Waals surface area contributed by atoms with Crippen molar-refractivity contribution in [3.8, 4) is 0 Å². The van der Waals surface area contributed by atoms with E-state index in [0.29, 0.717) is 6.42 Å². The number of nitrogens with one attached hydrogen (secondary N) is 2. The van der Waals surface area contributed by atoms with Crippen molar-refractivity contribution in [3.63, 3.8) is 0 Å². The topological polar surface area (TPSA) is 204 Å². The van der Waals surface area contributed by atoms with Crippen LogP contribution >= 0.6 is 0 Å². The summed E-state index contributed by atoms with van der Waals surface area (Å²) in [5.41, 5.74) is 0. The molecule has 6 atom stereocenters. The van der Waals surface area contributed by atoms with Crippen LogP contribution in [0.4, 0.5) is 0 Å². The molecule has 0 heterocycles. The van der Waals surface area contributed by atoms with E-state index in [1.165, 1.54) is 13.8 Å². The van der Waals surface area contributed by atoms with Gasteiger partial charge in [0.15, 0.2) is 5.78 Å². The van der Waals surface area contributed by atoms with Gasteiger partial charge >= 0.3 is 11.9 Å². The van der Waals surface area contributed by atoms with Gasteiger partial charge in [0.1, 0.15) is 12.1 Å². The van der Waals surface area contributed by atoms with E-state index >= 15 is 0 Å². The molecule has 0 aliphatic rings. The van der Waals surface area contributed by atoms with E-state index in [0.717, 1.165) is 0 Å². The van der Waals surface area contributed by atoms with Crippen LogP contribution in [-0.2, 0) is 33.6 Å². The first-order chi connectivity index (χ1) is 16.2. The van der Waals surface area contributed by atoms with Gasteiger partial charge in [-0.2, -0.15) is 0 Å². The number of hydrogen-bond acceptors (Lipinski definition) is 8. The second kappa shape index (κ2) is 15.7. The lowest BCUT2D eigenvalue weighted by atomic mass is 9.86. The highest BCUT2D eigenvalue weighted by atomic mass is 16.4. The summed E-state index contributed by atoms with van der Waals surface area (Å²) in [6.07, 6.45) is -2.68. The van der Waals surface area contributed by atoms with Crippen molar-refractivity contribution in [2.24, 2.45) is 17.8 Å². The van der Waals surface area contributed by atoms with Crippen molar-refractivity contribution in [2.45, 2.75) is 84.4 Å². The highest BCUT2D eigenvalue weighted by Crippen LogP contribution is 2.21. The first-order valence-electron chi connectivity index (χ1n) is 11.4. The largest absolute Gasteiger partial charge is 0.481 e. The number of carbonyl (C=O) groups is 7. The monoisotopic (exact) mass is 500 g/mol. The van der Waals surface area contributed by atoms with Gasteiger partial charge in [-0.1, -0.05) is 20.3 Å². The molecule has 0 rings (SSSR count). The number of rotatable bonds is 18. The molecule has 0 aliphatic carbocycles. The van der Waals surface area contributed by atoms with Crippen LogP contribution in [0.5, 0.6) is 0 Å². The number of amides is 2. The predicted molar refractivity (Wildman–Crippen MR) is 122 cm³/mol. The number of aldehydes is 1. The average Bonchev–Trinajstić information content (AvgIpc) is 2.76. The second-order valence-corrected chi connectivity index (χ2v) is 8.76. The molecular formula is C23H36N2O10. The molecule has 0 aromatic rings. The Balaban J connectivity index is 5.69. The van der Waals surface area contributed by atoms with Crippen molar-refractivity contribution in [3.05, 3.63) is 0 Å². The molecule has 0 saturated heterocycles. The first-order valence-corrected chi connectivity index (χ1v) is 11.4. The number of aliphatic hydroxyl groups is 1. The van der Waals surface area contributed by atoms with Gasteiger partial charge in [-0.3, -0.25) is 24.0 Å². The zero-order valence-electron chi connectivity index (χ0n) is 20.5. The van der Waals surface area contributed by atoms with Gasteiger partial charge in [0.2, 0.25) is 11.8 Å². The minimum absolute atomic E-state index is 0.0595. The van der Waals surface area contributed by atoms with E-state index in [1.54, 1.807) is 6.92 Å². The van der Waals surface area contributed by atoms with Gasteiger partial charge in [-0.05, 0) is 26.2 Å². The quantitative estimate of drug-likeness (QED) is 0.160. The summed E-state index contributed by atoms with van der Waals surface area (Å²) in [6, 6.07) is -2.67. The molecule has 35 heavy (non-hydrogen) atoms. The van der Waals surface area contributed by atoms with E-state index in [4.69, 9.17) is 10.2 Å². The lowest BCUT2D eigenvalue weighted by Crippen LogP contribution is -2.48. The third-order valence-electron chi connectivity index (χ3n) is 5.75. The molecule has 0 aromatic heterocycles. The Kier molecular flexibility index (Phi) is 14.3. The van der Waals surface area contributed by atoms with Crippen molar-refractivity contribution in [2.75, 3.05) is 0 Å². The summed E-state index contributed by atoms with van der Waals surface area (Å²) < 4.78 is 0. The molecule has 0 radical (unpaired) electrons. The van der Waals surface area contributed by atoms with Crippen LogP contribution < -0.4 is 10.6 Å². The van der Waals surface area contributed by atoms with Gasteiger partial charge in [0.25, 0.3) is 0 Å². The normalized spacial score (nSPS) is 16.0. The molecule has 198 valence electrons. The Bertz CT molecular complexity index is 795. The van der Waals surface area contributed by atoms with Crippen LogP contribution in [-0.4, -0.2) is 75.1 Å². The van der Waals surface area contributed by atoms with E-state index in [1.807, 2.05) is 6.92 Å². The minimum atomic E-state index is -1.38. The lowest BCUT2D eigenvalue weighted by molar-refractivity contribution is -0.141. The number of ketones is 2. The maximum atomic E-state index is 13.0.